The Morgan fingerprint density at radius 3 is 2.40 bits per heavy atom. The van der Waals surface area contributed by atoms with Crippen molar-refractivity contribution in [2.45, 2.75) is 73.0 Å². The molecular weight excluding hydrogens is 376 g/mol. The van der Waals surface area contributed by atoms with Gasteiger partial charge in [0.25, 0.3) is 5.91 Å². The van der Waals surface area contributed by atoms with E-state index in [1.54, 1.807) is 0 Å². The van der Waals surface area contributed by atoms with Crippen LogP contribution in [0.3, 0.4) is 0 Å². The largest absolute Gasteiger partial charge is 0.489 e. The molecule has 3 aromatic rings. The normalized spacial score (nSPS) is 12.1. The fraction of sp³-hybridized carbons (Fsp3) is 0.458. The molecule has 2 heterocycles. The van der Waals surface area contributed by atoms with Crippen LogP contribution in [0.15, 0.2) is 30.3 Å². The van der Waals surface area contributed by atoms with Gasteiger partial charge in [0.05, 0.1) is 34.0 Å². The molecule has 30 heavy (non-hydrogen) atoms. The van der Waals surface area contributed by atoms with E-state index in [2.05, 4.69) is 39.9 Å². The monoisotopic (exact) mass is 408 g/mol. The lowest BCUT2D eigenvalue weighted by Crippen LogP contribution is -2.24. The van der Waals surface area contributed by atoms with Gasteiger partial charge in [0.1, 0.15) is 5.75 Å². The van der Waals surface area contributed by atoms with Crippen LogP contribution in [0.5, 0.6) is 5.75 Å². The number of aryl methyl sites for hydroxylation is 1. The molecule has 6 heteroatoms. The smallest absolute Gasteiger partial charge is 0.256 e. The van der Waals surface area contributed by atoms with E-state index in [1.165, 1.54) is 0 Å². The zero-order valence-corrected chi connectivity index (χ0v) is 19.2. The number of hydrogen-bond acceptors (Lipinski definition) is 4. The molecule has 0 radical (unpaired) electrons. The van der Waals surface area contributed by atoms with Gasteiger partial charge in [-0.25, -0.2) is 9.67 Å². The lowest BCUT2D eigenvalue weighted by atomic mass is 10.0. The lowest BCUT2D eigenvalue weighted by Gasteiger charge is -2.20. The summed E-state index contributed by atoms with van der Waals surface area (Å²) in [5.41, 5.74) is 3.37. The van der Waals surface area contributed by atoms with E-state index >= 15 is 0 Å². The first-order valence-corrected chi connectivity index (χ1v) is 10.5. The number of hydrogen-bond donors (Lipinski definition) is 1. The third-order valence-electron chi connectivity index (χ3n) is 4.80. The second-order valence-corrected chi connectivity index (χ2v) is 9.23. The molecule has 0 fully saturated rings. The highest BCUT2D eigenvalue weighted by Gasteiger charge is 2.25. The van der Waals surface area contributed by atoms with Crippen molar-refractivity contribution in [1.29, 1.82) is 0 Å². The van der Waals surface area contributed by atoms with E-state index in [4.69, 9.17) is 14.8 Å². The maximum atomic E-state index is 13.4. The van der Waals surface area contributed by atoms with Crippen LogP contribution in [0.4, 0.5) is 5.69 Å². The van der Waals surface area contributed by atoms with Gasteiger partial charge >= 0.3 is 0 Å². The summed E-state index contributed by atoms with van der Waals surface area (Å²) in [5, 5.41) is 8.54. The molecule has 0 saturated heterocycles. The van der Waals surface area contributed by atoms with Gasteiger partial charge in [-0.2, -0.15) is 5.10 Å². The number of amides is 1. The zero-order chi connectivity index (χ0) is 22.2. The van der Waals surface area contributed by atoms with Crippen molar-refractivity contribution < 1.29 is 9.53 Å². The second-order valence-electron chi connectivity index (χ2n) is 9.23. The maximum Gasteiger partial charge on any atom is 0.256 e. The lowest BCUT2D eigenvalue weighted by molar-refractivity contribution is 0.102. The van der Waals surface area contributed by atoms with Gasteiger partial charge in [-0.15, -0.1) is 0 Å². The van der Waals surface area contributed by atoms with Crippen molar-refractivity contribution in [2.24, 2.45) is 0 Å². The minimum absolute atomic E-state index is 0.00971. The molecule has 0 unspecified atom stereocenters. The summed E-state index contributed by atoms with van der Waals surface area (Å²) in [6.07, 6.45) is 0.00971. The summed E-state index contributed by atoms with van der Waals surface area (Å²) < 4.78 is 7.77. The molecule has 0 aliphatic carbocycles. The van der Waals surface area contributed by atoms with E-state index < -0.39 is 0 Å². The second kappa shape index (κ2) is 8.09. The van der Waals surface area contributed by atoms with Crippen LogP contribution in [-0.4, -0.2) is 26.8 Å². The van der Waals surface area contributed by atoms with Crippen LogP contribution in [0.1, 0.15) is 76.1 Å². The third kappa shape index (κ3) is 4.32. The number of nitrogens with zero attached hydrogens (tertiary/aromatic N) is 3. The Kier molecular flexibility index (Phi) is 5.88. The van der Waals surface area contributed by atoms with Crippen LogP contribution >= 0.6 is 0 Å². The zero-order valence-electron chi connectivity index (χ0n) is 19.2. The van der Waals surface area contributed by atoms with Gasteiger partial charge in [0, 0.05) is 5.69 Å². The van der Waals surface area contributed by atoms with Crippen molar-refractivity contribution in [2.75, 3.05) is 5.32 Å². The predicted octanol–water partition coefficient (Wildman–Crippen LogP) is 5.66. The molecule has 0 aliphatic rings. The molecule has 0 saturated carbocycles. The molecule has 1 aromatic carbocycles. The summed E-state index contributed by atoms with van der Waals surface area (Å²) in [5.74, 6) is 0.638. The minimum atomic E-state index is -0.249. The summed E-state index contributed by atoms with van der Waals surface area (Å²) in [6.45, 7) is 16.3. The first-order valence-electron chi connectivity index (χ1n) is 10.5. The maximum absolute atomic E-state index is 13.4. The number of pyridine rings is 1. The number of benzene rings is 1. The van der Waals surface area contributed by atoms with Crippen LogP contribution < -0.4 is 10.1 Å². The summed E-state index contributed by atoms with van der Waals surface area (Å²) >= 11 is 0. The summed E-state index contributed by atoms with van der Waals surface area (Å²) in [7, 11) is 0. The topological polar surface area (TPSA) is 69.0 Å². The van der Waals surface area contributed by atoms with Crippen LogP contribution in [0.25, 0.3) is 11.0 Å². The number of para-hydroxylation sites is 2. The van der Waals surface area contributed by atoms with Gasteiger partial charge in [0.2, 0.25) is 0 Å². The van der Waals surface area contributed by atoms with E-state index in [0.29, 0.717) is 17.0 Å². The third-order valence-corrected chi connectivity index (χ3v) is 4.80. The number of carbonyl (C=O) groups is 1. The van der Waals surface area contributed by atoms with E-state index in [-0.39, 0.29) is 23.5 Å². The average molecular weight is 409 g/mol. The van der Waals surface area contributed by atoms with Gasteiger partial charge in [-0.3, -0.25) is 4.79 Å². The van der Waals surface area contributed by atoms with Crippen molar-refractivity contribution in [1.82, 2.24) is 14.8 Å². The van der Waals surface area contributed by atoms with Crippen LogP contribution in [-0.2, 0) is 5.54 Å². The van der Waals surface area contributed by atoms with E-state index in [0.717, 1.165) is 22.4 Å². The number of carbonyl (C=O) groups excluding carboxylic acids is 1. The highest BCUT2D eigenvalue weighted by Crippen LogP contribution is 2.31. The predicted molar refractivity (Wildman–Crippen MR) is 122 cm³/mol. The average Bonchev–Trinajstić information content (AvgIpc) is 2.99. The van der Waals surface area contributed by atoms with Crippen molar-refractivity contribution in [3.63, 3.8) is 0 Å². The molecular formula is C24H32N4O2. The number of ether oxygens (including phenoxy) is 1. The molecule has 0 aliphatic heterocycles. The molecule has 2 aromatic heterocycles. The summed E-state index contributed by atoms with van der Waals surface area (Å²) in [4.78, 5) is 18.3. The van der Waals surface area contributed by atoms with Gasteiger partial charge in [-0.05, 0) is 65.7 Å². The fourth-order valence-corrected chi connectivity index (χ4v) is 3.37. The van der Waals surface area contributed by atoms with Gasteiger partial charge in [0.15, 0.2) is 5.65 Å². The number of anilines is 1. The Morgan fingerprint density at radius 2 is 1.80 bits per heavy atom. The summed E-state index contributed by atoms with van der Waals surface area (Å²) in [6, 6.07) is 9.37. The van der Waals surface area contributed by atoms with Gasteiger partial charge < -0.3 is 10.1 Å². The minimum Gasteiger partial charge on any atom is -0.489 e. The van der Waals surface area contributed by atoms with E-state index in [1.807, 2.05) is 55.8 Å². The number of nitrogens with one attached hydrogen (secondary N) is 1. The fourth-order valence-electron chi connectivity index (χ4n) is 3.37. The molecule has 160 valence electrons. The van der Waals surface area contributed by atoms with Crippen molar-refractivity contribution >= 4 is 22.6 Å². The number of fused-ring (bicyclic) bond motifs is 1. The first-order chi connectivity index (χ1) is 14.0. The van der Waals surface area contributed by atoms with Crippen molar-refractivity contribution in [3.05, 3.63) is 47.3 Å². The van der Waals surface area contributed by atoms with Crippen LogP contribution in [0.2, 0.25) is 0 Å². The molecule has 0 bridgehead atoms. The highest BCUT2D eigenvalue weighted by atomic mass is 16.5. The van der Waals surface area contributed by atoms with Gasteiger partial charge in [-0.1, -0.05) is 26.0 Å². The molecule has 0 spiro atoms. The Balaban J connectivity index is 2.14. The van der Waals surface area contributed by atoms with Crippen LogP contribution in [0, 0.1) is 6.92 Å². The molecule has 1 amide bonds. The molecule has 0 atom stereocenters. The quantitative estimate of drug-likeness (QED) is 0.592. The Bertz CT molecular complexity index is 1070. The first kappa shape index (κ1) is 21.8. The molecule has 6 nitrogen and oxygen atoms in total. The Hall–Kier alpha value is -2.89. The highest BCUT2D eigenvalue weighted by molar-refractivity contribution is 6.13. The number of rotatable bonds is 5. The standard InChI is InChI=1S/C24H32N4O2/c1-14(2)19-13-17(21-16(5)27-28(22(21)25-19)24(6,7)8)23(29)26-18-11-9-10-12-20(18)30-15(3)4/h9-15H,1-8H3,(H,26,29). The number of aromatic nitrogens is 3. The molecule has 1 N–H and O–H groups in total. The van der Waals surface area contributed by atoms with E-state index in [9.17, 15) is 4.79 Å². The Morgan fingerprint density at radius 1 is 1.13 bits per heavy atom. The SMILES string of the molecule is Cc1nn(C(C)(C)C)c2nc(C(C)C)cc(C(=O)Nc3ccccc3OC(C)C)c12. The van der Waals surface area contributed by atoms with Crippen molar-refractivity contribution in [3.8, 4) is 5.75 Å². The molecule has 3 rings (SSSR count). The Labute approximate surface area is 178 Å².